The molecule has 0 unspecified atom stereocenters. The van der Waals surface area contributed by atoms with Gasteiger partial charge in [-0.2, -0.15) is 0 Å². The van der Waals surface area contributed by atoms with Crippen LogP contribution in [0, 0.1) is 28.6 Å². The van der Waals surface area contributed by atoms with E-state index in [0.717, 1.165) is 70.9 Å². The van der Waals surface area contributed by atoms with Crippen molar-refractivity contribution in [2.75, 3.05) is 32.8 Å². The molecule has 31 heavy (non-hydrogen) atoms. The summed E-state index contributed by atoms with van der Waals surface area (Å²) in [7, 11) is 0. The summed E-state index contributed by atoms with van der Waals surface area (Å²) in [6.45, 7) is 9.32. The summed E-state index contributed by atoms with van der Waals surface area (Å²) in [6, 6.07) is 0. The van der Waals surface area contributed by atoms with E-state index < -0.39 is 0 Å². The summed E-state index contributed by atoms with van der Waals surface area (Å²) >= 11 is 0. The second-order valence-corrected chi connectivity index (χ2v) is 11.4. The lowest BCUT2D eigenvalue weighted by Gasteiger charge is -2.57. The van der Waals surface area contributed by atoms with Gasteiger partial charge in [0.15, 0.2) is 5.78 Å². The lowest BCUT2D eigenvalue weighted by Crippen LogP contribution is -3.14. The Morgan fingerprint density at radius 3 is 2.71 bits per heavy atom. The van der Waals surface area contributed by atoms with Gasteiger partial charge in [-0.05, 0) is 74.2 Å². The molecule has 6 atom stereocenters. The number of carbonyl (C=O) groups is 2. The molecule has 0 amide bonds. The predicted octanol–water partition coefficient (Wildman–Crippen LogP) is 2.74. The molecule has 0 aromatic carbocycles. The molecule has 1 N–H and O–H groups in total. The van der Waals surface area contributed by atoms with Gasteiger partial charge in [0, 0.05) is 11.8 Å². The van der Waals surface area contributed by atoms with Gasteiger partial charge in [0.25, 0.3) is 0 Å². The molecule has 5 aliphatic rings. The molecule has 5 heteroatoms. The summed E-state index contributed by atoms with van der Waals surface area (Å²) in [5.74, 6) is 2.40. The van der Waals surface area contributed by atoms with E-state index in [1.807, 2.05) is 6.08 Å². The number of morpholine rings is 1. The van der Waals surface area contributed by atoms with Gasteiger partial charge in [-0.3, -0.25) is 9.59 Å². The van der Waals surface area contributed by atoms with Crippen LogP contribution in [0.4, 0.5) is 0 Å². The minimum Gasteiger partial charge on any atom is -0.462 e. The first-order valence-corrected chi connectivity index (χ1v) is 12.7. The van der Waals surface area contributed by atoms with E-state index in [4.69, 9.17) is 9.47 Å². The number of ketones is 1. The van der Waals surface area contributed by atoms with E-state index in [9.17, 15) is 9.59 Å². The monoisotopic (exact) mass is 430 g/mol. The number of fused-ring (bicyclic) bond motifs is 5. The number of quaternary nitrogens is 1. The van der Waals surface area contributed by atoms with Crippen molar-refractivity contribution in [3.05, 3.63) is 11.6 Å². The highest BCUT2D eigenvalue weighted by Gasteiger charge is 2.59. The van der Waals surface area contributed by atoms with Crippen LogP contribution >= 0.6 is 0 Å². The highest BCUT2D eigenvalue weighted by atomic mass is 16.5. The van der Waals surface area contributed by atoms with Gasteiger partial charge >= 0.3 is 5.97 Å². The number of allylic oxidation sites excluding steroid dienone is 1. The molecule has 0 radical (unpaired) electrons. The molecule has 3 saturated carbocycles. The standard InChI is InChI=1S/C26H39NO4/c1-25-10-7-19(28)17-18(25)3-4-20-21-5-6-23(26(21,2)11-8-22(20)25)31-24(29)9-12-27-13-15-30-16-14-27/h17,20-23H,3-16H2,1-2H3/p+1/t20-,21+,22+,23+,25+,26+/m1/s1. The van der Waals surface area contributed by atoms with Crippen molar-refractivity contribution in [2.45, 2.75) is 77.7 Å². The molecule has 5 nitrogen and oxygen atoms in total. The number of ether oxygens (including phenoxy) is 2. The van der Waals surface area contributed by atoms with Crippen LogP contribution in [0.2, 0.25) is 0 Å². The number of hydrogen-bond donors (Lipinski definition) is 1. The van der Waals surface area contributed by atoms with Crippen LogP contribution in [-0.2, 0) is 19.1 Å². The normalized spacial score (nSPS) is 42.9. The van der Waals surface area contributed by atoms with Crippen LogP contribution in [-0.4, -0.2) is 50.7 Å². The number of nitrogens with one attached hydrogen (secondary N) is 1. The molecular formula is C26H40NO4+. The summed E-state index contributed by atoms with van der Waals surface area (Å²) < 4.78 is 11.6. The largest absolute Gasteiger partial charge is 0.462 e. The number of carbonyl (C=O) groups excluding carboxylic acids is 2. The molecule has 0 bridgehead atoms. The molecule has 5 rings (SSSR count). The quantitative estimate of drug-likeness (QED) is 0.697. The summed E-state index contributed by atoms with van der Waals surface area (Å²) in [4.78, 5) is 26.2. The summed E-state index contributed by atoms with van der Waals surface area (Å²) in [5, 5.41) is 0. The predicted molar refractivity (Wildman–Crippen MR) is 118 cm³/mol. The Morgan fingerprint density at radius 2 is 1.90 bits per heavy atom. The van der Waals surface area contributed by atoms with Gasteiger partial charge in [-0.1, -0.05) is 19.4 Å². The molecule has 1 saturated heterocycles. The number of esters is 1. The Labute approximate surface area is 186 Å². The molecule has 4 aliphatic carbocycles. The maximum absolute atomic E-state index is 12.7. The fourth-order valence-electron chi connectivity index (χ4n) is 8.11. The molecule has 1 aliphatic heterocycles. The van der Waals surface area contributed by atoms with Gasteiger partial charge in [0.05, 0.1) is 26.2 Å². The third-order valence-corrected chi connectivity index (χ3v) is 10.0. The van der Waals surface area contributed by atoms with Gasteiger partial charge in [0.1, 0.15) is 19.2 Å². The first kappa shape index (κ1) is 21.6. The first-order valence-electron chi connectivity index (χ1n) is 12.7. The Hall–Kier alpha value is -1.20. The Bertz CT molecular complexity index is 757. The zero-order chi connectivity index (χ0) is 21.6. The maximum atomic E-state index is 12.7. The second kappa shape index (κ2) is 8.30. The van der Waals surface area contributed by atoms with Crippen molar-refractivity contribution in [1.82, 2.24) is 0 Å². The topological polar surface area (TPSA) is 57.0 Å². The minimum absolute atomic E-state index is 0.000362. The SMILES string of the molecule is C[C@]12CC[C@H]3[C@H](CCC4=CC(=O)CC[C@@]43C)[C@@H]1CC[C@@H]2OC(=O)CC[NH+]1CCOCC1. The third-order valence-electron chi connectivity index (χ3n) is 10.0. The van der Waals surface area contributed by atoms with Crippen LogP contribution in [0.5, 0.6) is 0 Å². The van der Waals surface area contributed by atoms with E-state index in [2.05, 4.69) is 13.8 Å². The fraction of sp³-hybridized carbons (Fsp3) is 0.846. The molecule has 0 aromatic rings. The maximum Gasteiger partial charge on any atom is 0.311 e. The molecule has 0 aromatic heterocycles. The van der Waals surface area contributed by atoms with E-state index >= 15 is 0 Å². The van der Waals surface area contributed by atoms with Crippen LogP contribution in [0.3, 0.4) is 0 Å². The van der Waals surface area contributed by atoms with Crippen molar-refractivity contribution in [1.29, 1.82) is 0 Å². The lowest BCUT2D eigenvalue weighted by atomic mass is 9.47. The van der Waals surface area contributed by atoms with Crippen molar-refractivity contribution < 1.29 is 24.0 Å². The summed E-state index contributed by atoms with van der Waals surface area (Å²) in [5.41, 5.74) is 1.78. The Balaban J connectivity index is 1.23. The van der Waals surface area contributed by atoms with Gasteiger partial charge in [-0.15, -0.1) is 0 Å². The third kappa shape index (κ3) is 3.80. The van der Waals surface area contributed by atoms with Crippen LogP contribution in [0.1, 0.15) is 71.6 Å². The number of hydrogen-bond acceptors (Lipinski definition) is 4. The second-order valence-electron chi connectivity index (χ2n) is 11.4. The zero-order valence-corrected chi connectivity index (χ0v) is 19.4. The van der Waals surface area contributed by atoms with Crippen LogP contribution in [0.25, 0.3) is 0 Å². The van der Waals surface area contributed by atoms with Crippen molar-refractivity contribution in [3.63, 3.8) is 0 Å². The average molecular weight is 431 g/mol. The van der Waals surface area contributed by atoms with Crippen molar-refractivity contribution in [2.24, 2.45) is 28.6 Å². The van der Waals surface area contributed by atoms with Crippen molar-refractivity contribution >= 4 is 11.8 Å². The van der Waals surface area contributed by atoms with Crippen molar-refractivity contribution in [3.8, 4) is 0 Å². The van der Waals surface area contributed by atoms with E-state index in [1.165, 1.54) is 29.7 Å². The van der Waals surface area contributed by atoms with E-state index in [-0.39, 0.29) is 22.9 Å². The molecule has 4 fully saturated rings. The van der Waals surface area contributed by atoms with Gasteiger partial charge < -0.3 is 14.4 Å². The molecular weight excluding hydrogens is 390 g/mol. The van der Waals surface area contributed by atoms with E-state index in [1.54, 1.807) is 0 Å². The molecule has 1 heterocycles. The minimum atomic E-state index is -0.000362. The number of rotatable bonds is 4. The summed E-state index contributed by atoms with van der Waals surface area (Å²) in [6.07, 6.45) is 11.2. The fourth-order valence-corrected chi connectivity index (χ4v) is 8.11. The lowest BCUT2D eigenvalue weighted by molar-refractivity contribution is -0.907. The molecule has 172 valence electrons. The Kier molecular flexibility index (Phi) is 5.79. The first-order chi connectivity index (χ1) is 14.9. The average Bonchev–Trinajstić information content (AvgIpc) is 3.10. The van der Waals surface area contributed by atoms with Crippen LogP contribution in [0.15, 0.2) is 11.6 Å². The zero-order valence-electron chi connectivity index (χ0n) is 19.4. The highest BCUT2D eigenvalue weighted by molar-refractivity contribution is 5.91. The van der Waals surface area contributed by atoms with Crippen LogP contribution < -0.4 is 4.90 Å². The van der Waals surface area contributed by atoms with Gasteiger partial charge in [-0.25, -0.2) is 0 Å². The Morgan fingerprint density at radius 1 is 1.10 bits per heavy atom. The van der Waals surface area contributed by atoms with E-state index in [0.29, 0.717) is 24.0 Å². The highest BCUT2D eigenvalue weighted by Crippen LogP contribution is 2.65. The van der Waals surface area contributed by atoms with Gasteiger partial charge in [0.2, 0.25) is 0 Å². The smallest absolute Gasteiger partial charge is 0.311 e. The molecule has 0 spiro atoms.